The predicted molar refractivity (Wildman–Crippen MR) is 76.8 cm³/mol. The minimum Gasteiger partial charge on any atom is -0.389 e. The van der Waals surface area contributed by atoms with E-state index in [0.717, 1.165) is 51.5 Å². The first-order valence-corrected chi connectivity index (χ1v) is 8.02. The van der Waals surface area contributed by atoms with Gasteiger partial charge in [0.15, 0.2) is 0 Å². The molecule has 1 heterocycles. The number of rotatable bonds is 4. The summed E-state index contributed by atoms with van der Waals surface area (Å²) in [4.78, 5) is 14.5. The highest BCUT2D eigenvalue weighted by Crippen LogP contribution is 2.33. The maximum Gasteiger partial charge on any atom is 0.225 e. The Bertz CT molecular complexity index is 308. The van der Waals surface area contributed by atoms with E-state index >= 15 is 0 Å². The summed E-state index contributed by atoms with van der Waals surface area (Å²) in [5.74, 6) is 0.823. The van der Waals surface area contributed by atoms with Crippen LogP contribution in [0.1, 0.15) is 71.6 Å². The number of amides is 1. The van der Waals surface area contributed by atoms with Crippen molar-refractivity contribution in [1.82, 2.24) is 4.90 Å². The number of hydrogen-bond donors (Lipinski definition) is 1. The zero-order chi connectivity index (χ0) is 13.9. The van der Waals surface area contributed by atoms with Crippen LogP contribution in [-0.4, -0.2) is 34.1 Å². The number of carbonyl (C=O) groups excluding carboxylic acids is 1. The molecule has 1 aliphatic heterocycles. The fourth-order valence-corrected chi connectivity index (χ4v) is 3.72. The second kappa shape index (κ2) is 6.25. The molecule has 0 aromatic heterocycles. The highest BCUT2D eigenvalue weighted by molar-refractivity contribution is 5.78. The van der Waals surface area contributed by atoms with Gasteiger partial charge in [0.05, 0.1) is 12.0 Å². The van der Waals surface area contributed by atoms with Gasteiger partial charge >= 0.3 is 0 Å². The Labute approximate surface area is 117 Å². The smallest absolute Gasteiger partial charge is 0.225 e. The van der Waals surface area contributed by atoms with Crippen LogP contribution in [0, 0.1) is 5.92 Å². The van der Waals surface area contributed by atoms with Crippen LogP contribution in [0.25, 0.3) is 0 Å². The lowest BCUT2D eigenvalue weighted by Crippen LogP contribution is -2.42. The van der Waals surface area contributed by atoms with Crippen molar-refractivity contribution in [3.05, 3.63) is 0 Å². The summed E-state index contributed by atoms with van der Waals surface area (Å²) >= 11 is 0. The van der Waals surface area contributed by atoms with Gasteiger partial charge in [0.25, 0.3) is 0 Å². The first-order valence-electron chi connectivity index (χ1n) is 8.02. The molecular formula is C16H29NO2. The zero-order valence-electron chi connectivity index (χ0n) is 12.5. The average Bonchev–Trinajstić information content (AvgIpc) is 2.76. The van der Waals surface area contributed by atoms with E-state index in [1.807, 2.05) is 4.90 Å². The minimum absolute atomic E-state index is 0.188. The monoisotopic (exact) mass is 267 g/mol. The highest BCUT2D eigenvalue weighted by Gasteiger charge is 2.36. The second-order valence-electron chi connectivity index (χ2n) is 6.97. The van der Waals surface area contributed by atoms with E-state index in [9.17, 15) is 9.90 Å². The van der Waals surface area contributed by atoms with Gasteiger partial charge in [-0.05, 0) is 38.0 Å². The molecule has 1 atom stereocenters. The van der Waals surface area contributed by atoms with E-state index in [4.69, 9.17) is 0 Å². The molecule has 2 aliphatic rings. The number of carbonyl (C=O) groups is 1. The average molecular weight is 267 g/mol. The fourth-order valence-electron chi connectivity index (χ4n) is 3.72. The molecule has 0 bridgehead atoms. The summed E-state index contributed by atoms with van der Waals surface area (Å²) in [6.45, 7) is 5.33. The molecule has 1 unspecified atom stereocenters. The lowest BCUT2D eigenvalue weighted by Gasteiger charge is -2.34. The van der Waals surface area contributed by atoms with Gasteiger partial charge in [0.2, 0.25) is 5.91 Å². The van der Waals surface area contributed by atoms with Crippen LogP contribution in [0.4, 0.5) is 0 Å². The largest absolute Gasteiger partial charge is 0.389 e. The summed E-state index contributed by atoms with van der Waals surface area (Å²) in [6, 6.07) is 0.416. The molecule has 3 nitrogen and oxygen atoms in total. The molecule has 2 fully saturated rings. The van der Waals surface area contributed by atoms with Crippen LogP contribution in [0.15, 0.2) is 0 Å². The minimum atomic E-state index is -0.708. The lowest BCUT2D eigenvalue weighted by atomic mass is 9.82. The molecule has 1 saturated carbocycles. The van der Waals surface area contributed by atoms with Gasteiger partial charge in [0, 0.05) is 12.6 Å². The van der Waals surface area contributed by atoms with E-state index < -0.39 is 5.60 Å². The lowest BCUT2D eigenvalue weighted by molar-refractivity contribution is -0.138. The predicted octanol–water partition coefficient (Wildman–Crippen LogP) is 3.11. The third kappa shape index (κ3) is 3.95. The van der Waals surface area contributed by atoms with Gasteiger partial charge in [0.1, 0.15) is 0 Å². The Morgan fingerprint density at radius 2 is 1.95 bits per heavy atom. The van der Waals surface area contributed by atoms with Gasteiger partial charge in [-0.3, -0.25) is 4.79 Å². The molecular weight excluding hydrogens is 238 g/mol. The molecule has 1 N–H and O–H groups in total. The molecule has 1 saturated heterocycles. The molecule has 0 aromatic rings. The van der Waals surface area contributed by atoms with Crippen molar-refractivity contribution in [3.8, 4) is 0 Å². The Hall–Kier alpha value is -0.570. The van der Waals surface area contributed by atoms with E-state index in [0.29, 0.717) is 18.4 Å². The van der Waals surface area contributed by atoms with Crippen LogP contribution in [0.2, 0.25) is 0 Å². The van der Waals surface area contributed by atoms with E-state index in [1.165, 1.54) is 6.42 Å². The van der Waals surface area contributed by atoms with Crippen LogP contribution in [0.3, 0.4) is 0 Å². The molecule has 0 aromatic carbocycles. The van der Waals surface area contributed by atoms with Crippen LogP contribution < -0.4 is 0 Å². The third-order valence-corrected chi connectivity index (χ3v) is 4.71. The van der Waals surface area contributed by atoms with Crippen LogP contribution >= 0.6 is 0 Å². The topological polar surface area (TPSA) is 40.5 Å². The summed E-state index contributed by atoms with van der Waals surface area (Å²) in [7, 11) is 0. The number of nitrogens with zero attached hydrogens (tertiary/aromatic N) is 1. The van der Waals surface area contributed by atoms with E-state index in [2.05, 4.69) is 13.8 Å². The van der Waals surface area contributed by atoms with Crippen molar-refractivity contribution in [1.29, 1.82) is 0 Å². The Morgan fingerprint density at radius 3 is 2.58 bits per heavy atom. The summed E-state index contributed by atoms with van der Waals surface area (Å²) < 4.78 is 0. The SMILES string of the molecule is CC(C)CC1CCCN1C(=O)CC1(O)CCCCC1. The molecule has 0 radical (unpaired) electrons. The maximum atomic E-state index is 12.5. The molecule has 0 spiro atoms. The first kappa shape index (κ1) is 14.8. The summed E-state index contributed by atoms with van der Waals surface area (Å²) in [6.07, 6.45) is 8.67. The molecule has 110 valence electrons. The highest BCUT2D eigenvalue weighted by atomic mass is 16.3. The van der Waals surface area contributed by atoms with Crippen molar-refractivity contribution in [3.63, 3.8) is 0 Å². The second-order valence-corrected chi connectivity index (χ2v) is 6.97. The molecule has 3 heteroatoms. The van der Waals surface area contributed by atoms with Crippen LogP contribution in [0.5, 0.6) is 0 Å². The van der Waals surface area contributed by atoms with E-state index in [1.54, 1.807) is 0 Å². The zero-order valence-corrected chi connectivity index (χ0v) is 12.5. The van der Waals surface area contributed by atoms with Gasteiger partial charge < -0.3 is 10.0 Å². The van der Waals surface area contributed by atoms with E-state index in [-0.39, 0.29) is 5.91 Å². The quantitative estimate of drug-likeness (QED) is 0.850. The molecule has 1 aliphatic carbocycles. The van der Waals surface area contributed by atoms with Crippen molar-refractivity contribution in [2.75, 3.05) is 6.54 Å². The first-order chi connectivity index (χ1) is 9.00. The summed E-state index contributed by atoms with van der Waals surface area (Å²) in [5.41, 5.74) is -0.708. The third-order valence-electron chi connectivity index (χ3n) is 4.71. The normalized spacial score (nSPS) is 26.9. The number of aliphatic hydroxyl groups is 1. The Morgan fingerprint density at radius 1 is 1.26 bits per heavy atom. The van der Waals surface area contributed by atoms with Gasteiger partial charge in [-0.15, -0.1) is 0 Å². The maximum absolute atomic E-state index is 12.5. The standard InChI is InChI=1S/C16H29NO2/c1-13(2)11-14-7-6-10-17(14)15(18)12-16(19)8-4-3-5-9-16/h13-14,19H,3-12H2,1-2H3. The van der Waals surface area contributed by atoms with Gasteiger partial charge in [-0.2, -0.15) is 0 Å². The number of likely N-dealkylation sites (tertiary alicyclic amines) is 1. The van der Waals surface area contributed by atoms with Gasteiger partial charge in [-0.1, -0.05) is 33.1 Å². The molecule has 1 amide bonds. The van der Waals surface area contributed by atoms with Crippen LogP contribution in [-0.2, 0) is 4.79 Å². The molecule has 2 rings (SSSR count). The van der Waals surface area contributed by atoms with Crippen molar-refractivity contribution < 1.29 is 9.90 Å². The molecule has 19 heavy (non-hydrogen) atoms. The van der Waals surface area contributed by atoms with Crippen molar-refractivity contribution >= 4 is 5.91 Å². The number of hydrogen-bond acceptors (Lipinski definition) is 2. The Kier molecular flexibility index (Phi) is 4.88. The van der Waals surface area contributed by atoms with Gasteiger partial charge in [-0.25, -0.2) is 0 Å². The fraction of sp³-hybridized carbons (Fsp3) is 0.938. The van der Waals surface area contributed by atoms with Crippen molar-refractivity contribution in [2.24, 2.45) is 5.92 Å². The Balaban J connectivity index is 1.91. The summed E-state index contributed by atoms with van der Waals surface area (Å²) in [5, 5.41) is 10.5. The van der Waals surface area contributed by atoms with Crippen molar-refractivity contribution in [2.45, 2.75) is 83.3 Å².